The third-order valence-corrected chi connectivity index (χ3v) is 3.41. The van der Waals surface area contributed by atoms with Gasteiger partial charge >= 0.3 is 0 Å². The van der Waals surface area contributed by atoms with Crippen LogP contribution in [0.4, 0.5) is 0 Å². The van der Waals surface area contributed by atoms with Crippen LogP contribution in [0.1, 0.15) is 13.8 Å². The van der Waals surface area contributed by atoms with Gasteiger partial charge in [0.2, 0.25) is 0 Å². The van der Waals surface area contributed by atoms with Crippen LogP contribution in [0.15, 0.2) is 30.5 Å². The molecule has 1 unspecified atom stereocenters. The molecule has 0 radical (unpaired) electrons. The third kappa shape index (κ3) is 4.30. The molecule has 0 amide bonds. The van der Waals surface area contributed by atoms with Crippen molar-refractivity contribution in [3.05, 3.63) is 35.5 Å². The highest BCUT2D eigenvalue weighted by Crippen LogP contribution is 2.30. The quantitative estimate of drug-likeness (QED) is 0.852. The minimum atomic E-state index is -0.0798. The van der Waals surface area contributed by atoms with Crippen molar-refractivity contribution in [2.45, 2.75) is 26.0 Å². The lowest BCUT2D eigenvalue weighted by Gasteiger charge is -2.21. The van der Waals surface area contributed by atoms with E-state index in [1.54, 1.807) is 13.3 Å². The number of methoxy groups -OCH3 is 1. The summed E-state index contributed by atoms with van der Waals surface area (Å²) in [6.45, 7) is 5.42. The van der Waals surface area contributed by atoms with E-state index in [0.29, 0.717) is 24.2 Å². The smallest absolute Gasteiger partial charge is 0.146 e. The summed E-state index contributed by atoms with van der Waals surface area (Å²) in [5, 5.41) is 4.93. The van der Waals surface area contributed by atoms with Gasteiger partial charge in [0, 0.05) is 31.3 Å². The first kappa shape index (κ1) is 16.0. The lowest BCUT2D eigenvalue weighted by molar-refractivity contribution is 0.0803. The molecule has 4 nitrogen and oxygen atoms in total. The molecule has 2 rings (SSSR count). The first-order chi connectivity index (χ1) is 10.1. The van der Waals surface area contributed by atoms with Gasteiger partial charge in [-0.3, -0.25) is 4.98 Å². The van der Waals surface area contributed by atoms with Gasteiger partial charge in [0.25, 0.3) is 0 Å². The average molecular weight is 309 g/mol. The second-order valence-corrected chi connectivity index (χ2v) is 5.61. The van der Waals surface area contributed by atoms with Gasteiger partial charge in [0.15, 0.2) is 0 Å². The van der Waals surface area contributed by atoms with Crippen LogP contribution >= 0.6 is 11.6 Å². The first-order valence-electron chi connectivity index (χ1n) is 7.04. The SMILES string of the molecule is COCC(CNC(C)C)Oc1ccc(Cl)c2cccnc12. The summed E-state index contributed by atoms with van der Waals surface area (Å²) in [6, 6.07) is 7.89. The van der Waals surface area contributed by atoms with Crippen molar-refractivity contribution >= 4 is 22.5 Å². The lowest BCUT2D eigenvalue weighted by atomic mass is 10.2. The van der Waals surface area contributed by atoms with E-state index in [9.17, 15) is 0 Å². The van der Waals surface area contributed by atoms with E-state index in [1.807, 2.05) is 24.3 Å². The predicted octanol–water partition coefficient (Wildman–Crippen LogP) is 3.28. The number of fused-ring (bicyclic) bond motifs is 1. The van der Waals surface area contributed by atoms with Gasteiger partial charge in [-0.15, -0.1) is 0 Å². The fraction of sp³-hybridized carbons (Fsp3) is 0.438. The number of ether oxygens (including phenoxy) is 2. The Hall–Kier alpha value is -1.36. The maximum Gasteiger partial charge on any atom is 0.146 e. The fourth-order valence-corrected chi connectivity index (χ4v) is 2.29. The second-order valence-electron chi connectivity index (χ2n) is 5.20. The number of nitrogens with one attached hydrogen (secondary N) is 1. The van der Waals surface area contributed by atoms with E-state index in [2.05, 4.69) is 24.1 Å². The van der Waals surface area contributed by atoms with E-state index < -0.39 is 0 Å². The molecule has 0 aliphatic carbocycles. The van der Waals surface area contributed by atoms with Gasteiger partial charge in [-0.1, -0.05) is 25.4 Å². The van der Waals surface area contributed by atoms with Crippen molar-refractivity contribution in [1.82, 2.24) is 10.3 Å². The Kier molecular flexibility index (Phi) is 5.79. The Morgan fingerprint density at radius 3 is 2.81 bits per heavy atom. The summed E-state index contributed by atoms with van der Waals surface area (Å²) in [5.41, 5.74) is 0.774. The van der Waals surface area contributed by atoms with Crippen LogP contribution in [0.3, 0.4) is 0 Å². The Bertz CT molecular complexity index is 589. The fourth-order valence-electron chi connectivity index (χ4n) is 2.07. The summed E-state index contributed by atoms with van der Waals surface area (Å²) in [5.74, 6) is 0.725. The Labute approximate surface area is 130 Å². The molecule has 114 valence electrons. The molecule has 1 aromatic heterocycles. The van der Waals surface area contributed by atoms with Crippen molar-refractivity contribution in [3.63, 3.8) is 0 Å². The summed E-state index contributed by atoms with van der Waals surface area (Å²) < 4.78 is 11.3. The zero-order valence-electron chi connectivity index (χ0n) is 12.6. The average Bonchev–Trinajstić information content (AvgIpc) is 2.48. The zero-order chi connectivity index (χ0) is 15.2. The van der Waals surface area contributed by atoms with Crippen molar-refractivity contribution in [1.29, 1.82) is 0 Å². The van der Waals surface area contributed by atoms with Crippen LogP contribution in [0.2, 0.25) is 5.02 Å². The van der Waals surface area contributed by atoms with Gasteiger partial charge in [0.05, 0.1) is 11.6 Å². The molecule has 5 heteroatoms. The Morgan fingerprint density at radius 1 is 1.29 bits per heavy atom. The Balaban J connectivity index is 2.22. The van der Waals surface area contributed by atoms with Gasteiger partial charge in [-0.05, 0) is 24.3 Å². The van der Waals surface area contributed by atoms with Crippen LogP contribution in [0.25, 0.3) is 10.9 Å². The molecule has 1 aromatic carbocycles. The number of rotatable bonds is 7. The molecule has 0 saturated heterocycles. The highest BCUT2D eigenvalue weighted by Gasteiger charge is 2.14. The second kappa shape index (κ2) is 7.59. The molecule has 0 bridgehead atoms. The minimum Gasteiger partial charge on any atom is -0.484 e. The lowest BCUT2D eigenvalue weighted by Crippen LogP contribution is -2.38. The summed E-state index contributed by atoms with van der Waals surface area (Å²) in [6.07, 6.45) is 1.66. The van der Waals surface area contributed by atoms with E-state index in [1.165, 1.54) is 0 Å². The van der Waals surface area contributed by atoms with Crippen molar-refractivity contribution in [2.75, 3.05) is 20.3 Å². The molecule has 0 spiro atoms. The van der Waals surface area contributed by atoms with Gasteiger partial charge in [0.1, 0.15) is 17.4 Å². The van der Waals surface area contributed by atoms with E-state index >= 15 is 0 Å². The molecule has 2 aromatic rings. The topological polar surface area (TPSA) is 43.4 Å². The summed E-state index contributed by atoms with van der Waals surface area (Å²) in [7, 11) is 1.67. The molecule has 1 heterocycles. The molecule has 0 aliphatic heterocycles. The van der Waals surface area contributed by atoms with Crippen LogP contribution in [-0.4, -0.2) is 37.4 Å². The molecule has 0 aliphatic rings. The molecule has 1 N–H and O–H groups in total. The molecule has 0 saturated carbocycles. The van der Waals surface area contributed by atoms with Crippen LogP contribution in [-0.2, 0) is 4.74 Å². The summed E-state index contributed by atoms with van der Waals surface area (Å²) in [4.78, 5) is 4.38. The van der Waals surface area contributed by atoms with Crippen LogP contribution in [0, 0.1) is 0 Å². The first-order valence-corrected chi connectivity index (χ1v) is 7.41. The summed E-state index contributed by atoms with van der Waals surface area (Å²) >= 11 is 6.20. The van der Waals surface area contributed by atoms with Crippen molar-refractivity contribution < 1.29 is 9.47 Å². The number of halogens is 1. The largest absolute Gasteiger partial charge is 0.484 e. The number of hydrogen-bond donors (Lipinski definition) is 1. The standard InChI is InChI=1S/C16H21ClN2O2/c1-11(2)19-9-12(10-20-3)21-15-7-6-14(17)13-5-4-8-18-16(13)15/h4-8,11-12,19H,9-10H2,1-3H3. The third-order valence-electron chi connectivity index (χ3n) is 3.08. The van der Waals surface area contributed by atoms with Gasteiger partial charge in [-0.25, -0.2) is 0 Å². The Morgan fingerprint density at radius 2 is 2.10 bits per heavy atom. The van der Waals surface area contributed by atoms with E-state index in [4.69, 9.17) is 21.1 Å². The molecular weight excluding hydrogens is 288 g/mol. The zero-order valence-corrected chi connectivity index (χ0v) is 13.4. The van der Waals surface area contributed by atoms with Crippen molar-refractivity contribution in [3.8, 4) is 5.75 Å². The number of aromatic nitrogens is 1. The normalized spacial score (nSPS) is 12.8. The highest BCUT2D eigenvalue weighted by molar-refractivity contribution is 6.35. The predicted molar refractivity (Wildman–Crippen MR) is 86.2 cm³/mol. The molecule has 0 fully saturated rings. The number of benzene rings is 1. The molecular formula is C16H21ClN2O2. The number of hydrogen-bond acceptors (Lipinski definition) is 4. The highest BCUT2D eigenvalue weighted by atomic mass is 35.5. The maximum absolute atomic E-state index is 6.20. The molecule has 21 heavy (non-hydrogen) atoms. The van der Waals surface area contributed by atoms with Gasteiger partial charge < -0.3 is 14.8 Å². The van der Waals surface area contributed by atoms with E-state index in [0.717, 1.165) is 16.7 Å². The minimum absolute atomic E-state index is 0.0798. The number of pyridine rings is 1. The maximum atomic E-state index is 6.20. The number of nitrogens with zero attached hydrogens (tertiary/aromatic N) is 1. The van der Waals surface area contributed by atoms with Crippen LogP contribution < -0.4 is 10.1 Å². The van der Waals surface area contributed by atoms with Gasteiger partial charge in [-0.2, -0.15) is 0 Å². The van der Waals surface area contributed by atoms with E-state index in [-0.39, 0.29) is 6.10 Å². The molecule has 1 atom stereocenters. The monoisotopic (exact) mass is 308 g/mol. The van der Waals surface area contributed by atoms with Crippen LogP contribution in [0.5, 0.6) is 5.75 Å². The van der Waals surface area contributed by atoms with Crippen molar-refractivity contribution in [2.24, 2.45) is 0 Å².